The van der Waals surface area contributed by atoms with Crippen molar-refractivity contribution in [3.05, 3.63) is 44.0 Å². The van der Waals surface area contributed by atoms with Crippen LogP contribution < -0.4 is 4.74 Å². The zero-order chi connectivity index (χ0) is 26.6. The van der Waals surface area contributed by atoms with Crippen LogP contribution in [0.5, 0.6) is 5.75 Å². The fourth-order valence-electron chi connectivity index (χ4n) is 3.05. The Labute approximate surface area is 203 Å². The third-order valence-electron chi connectivity index (χ3n) is 4.76. The van der Waals surface area contributed by atoms with Crippen molar-refractivity contribution in [2.75, 3.05) is 33.5 Å². The topological polar surface area (TPSA) is 117 Å². The van der Waals surface area contributed by atoms with Gasteiger partial charge in [0, 0.05) is 17.1 Å². The van der Waals surface area contributed by atoms with Crippen LogP contribution in [0.25, 0.3) is 6.08 Å². The standard InChI is InChI=1S/C21H24ClF3N2O8/c1-20(2,3)14-9-16-12(8-15(14)22)7-13(18(35-16)21(23,24)25)19(29)33-11-32-17(28)10-26(4)5-6-34-27(30)31/h7-9,18H,5-6,10-11H2,1-4H3. The molecule has 0 spiro atoms. The Kier molecular flexibility index (Phi) is 8.95. The first kappa shape index (κ1) is 28.2. The Hall–Kier alpha value is -3.06. The van der Waals surface area contributed by atoms with Crippen molar-refractivity contribution in [2.24, 2.45) is 0 Å². The highest BCUT2D eigenvalue weighted by Crippen LogP contribution is 2.42. The molecule has 1 atom stereocenters. The summed E-state index contributed by atoms with van der Waals surface area (Å²) in [5.41, 5.74) is -0.579. The second-order valence-corrected chi connectivity index (χ2v) is 9.03. The first-order chi connectivity index (χ1) is 16.1. The minimum Gasteiger partial charge on any atom is -0.475 e. The van der Waals surface area contributed by atoms with E-state index < -0.39 is 47.1 Å². The van der Waals surface area contributed by atoms with E-state index in [4.69, 9.17) is 25.8 Å². The second kappa shape index (κ2) is 11.1. The average molecular weight is 525 g/mol. The van der Waals surface area contributed by atoms with Crippen LogP contribution in [0.4, 0.5) is 13.2 Å². The van der Waals surface area contributed by atoms with Gasteiger partial charge in [-0.05, 0) is 36.2 Å². The molecule has 1 aliphatic heterocycles. The van der Waals surface area contributed by atoms with Gasteiger partial charge in [-0.1, -0.05) is 32.4 Å². The van der Waals surface area contributed by atoms with Gasteiger partial charge in [-0.3, -0.25) is 9.69 Å². The number of hydrogen-bond donors (Lipinski definition) is 0. The first-order valence-corrected chi connectivity index (χ1v) is 10.5. The number of nitrogens with zero attached hydrogens (tertiary/aromatic N) is 2. The number of hydrogen-bond acceptors (Lipinski definition) is 9. The van der Waals surface area contributed by atoms with E-state index in [0.29, 0.717) is 5.56 Å². The molecule has 0 fully saturated rings. The molecule has 14 heteroatoms. The lowest BCUT2D eigenvalue weighted by molar-refractivity contribution is -0.757. The number of carbonyl (C=O) groups is 2. The van der Waals surface area contributed by atoms with Gasteiger partial charge in [0.2, 0.25) is 12.9 Å². The summed E-state index contributed by atoms with van der Waals surface area (Å²) in [6.45, 7) is 3.95. The molecular formula is C21H24ClF3N2O8. The largest absolute Gasteiger partial charge is 0.475 e. The Morgan fingerprint density at radius 1 is 1.23 bits per heavy atom. The lowest BCUT2D eigenvalue weighted by Gasteiger charge is -2.30. The summed E-state index contributed by atoms with van der Waals surface area (Å²) in [5, 5.41) is 9.40. The van der Waals surface area contributed by atoms with E-state index in [1.165, 1.54) is 24.1 Å². The van der Waals surface area contributed by atoms with Gasteiger partial charge in [0.25, 0.3) is 5.09 Å². The lowest BCUT2D eigenvalue weighted by Crippen LogP contribution is -2.41. The van der Waals surface area contributed by atoms with Crippen molar-refractivity contribution in [1.29, 1.82) is 0 Å². The summed E-state index contributed by atoms with van der Waals surface area (Å²) in [7, 11) is 1.45. The number of halogens is 4. The van der Waals surface area contributed by atoms with Gasteiger partial charge in [-0.15, -0.1) is 10.1 Å². The molecule has 1 unspecified atom stereocenters. The van der Waals surface area contributed by atoms with Gasteiger partial charge in [-0.25, -0.2) is 4.79 Å². The van der Waals surface area contributed by atoms with Gasteiger partial charge in [0.15, 0.2) is 0 Å². The van der Waals surface area contributed by atoms with E-state index in [-0.39, 0.29) is 36.0 Å². The van der Waals surface area contributed by atoms with E-state index in [2.05, 4.69) is 4.84 Å². The molecule has 1 heterocycles. The molecule has 1 aromatic carbocycles. The van der Waals surface area contributed by atoms with Crippen LogP contribution in [-0.4, -0.2) is 67.7 Å². The summed E-state index contributed by atoms with van der Waals surface area (Å²) in [5.74, 6) is -2.36. The molecule has 0 bridgehead atoms. The predicted molar refractivity (Wildman–Crippen MR) is 116 cm³/mol. The highest BCUT2D eigenvalue weighted by molar-refractivity contribution is 6.31. The smallest absolute Gasteiger partial charge is 0.430 e. The third kappa shape index (κ3) is 7.99. The van der Waals surface area contributed by atoms with E-state index in [1.807, 2.05) is 20.8 Å². The molecule has 35 heavy (non-hydrogen) atoms. The van der Waals surface area contributed by atoms with Crippen molar-refractivity contribution in [2.45, 2.75) is 38.5 Å². The number of alkyl halides is 3. The molecule has 0 saturated carbocycles. The van der Waals surface area contributed by atoms with Gasteiger partial charge in [-0.2, -0.15) is 13.2 Å². The first-order valence-electron chi connectivity index (χ1n) is 10.2. The minimum absolute atomic E-state index is 0.0201. The molecule has 0 amide bonds. The Balaban J connectivity index is 2.08. The normalized spacial score (nSPS) is 15.6. The number of rotatable bonds is 9. The van der Waals surface area contributed by atoms with E-state index in [1.54, 1.807) is 0 Å². The maximum absolute atomic E-state index is 13.7. The number of esters is 2. The SMILES string of the molecule is CN(CCO[N+](=O)[O-])CC(=O)OCOC(=O)C1=Cc2cc(Cl)c(C(C)(C)C)cc2OC1C(F)(F)F. The minimum atomic E-state index is -4.94. The van der Waals surface area contributed by atoms with Crippen LogP contribution >= 0.6 is 11.6 Å². The quantitative estimate of drug-likeness (QED) is 0.207. The predicted octanol–water partition coefficient (Wildman–Crippen LogP) is 3.53. The van der Waals surface area contributed by atoms with Crippen LogP contribution in [0, 0.1) is 10.1 Å². The summed E-state index contributed by atoms with van der Waals surface area (Å²) in [6.07, 6.45) is -6.56. The number of benzene rings is 1. The van der Waals surface area contributed by atoms with Gasteiger partial charge in [0.1, 0.15) is 12.4 Å². The number of carbonyl (C=O) groups excluding carboxylic acids is 2. The molecule has 2 rings (SSSR count). The summed E-state index contributed by atoms with van der Waals surface area (Å²) in [4.78, 5) is 39.7. The van der Waals surface area contributed by atoms with Crippen molar-refractivity contribution in [1.82, 2.24) is 4.90 Å². The second-order valence-electron chi connectivity index (χ2n) is 8.62. The molecule has 10 nitrogen and oxygen atoms in total. The molecule has 0 saturated heterocycles. The summed E-state index contributed by atoms with van der Waals surface area (Å²) >= 11 is 6.28. The number of fused-ring (bicyclic) bond motifs is 1. The molecule has 0 radical (unpaired) electrons. The zero-order valence-corrected chi connectivity index (χ0v) is 20.1. The lowest BCUT2D eigenvalue weighted by atomic mass is 9.85. The van der Waals surface area contributed by atoms with Crippen LogP contribution in [0.2, 0.25) is 5.02 Å². The molecule has 194 valence electrons. The van der Waals surface area contributed by atoms with Gasteiger partial charge in [0.05, 0.1) is 12.1 Å². The fraction of sp³-hybridized carbons (Fsp3) is 0.524. The Bertz CT molecular complexity index is 1010. The zero-order valence-electron chi connectivity index (χ0n) is 19.3. The number of likely N-dealkylation sites (N-methyl/N-ethyl adjacent to an activating group) is 1. The molecule has 0 N–H and O–H groups in total. The number of ether oxygens (including phenoxy) is 3. The highest BCUT2D eigenvalue weighted by atomic mass is 35.5. The van der Waals surface area contributed by atoms with Crippen molar-refractivity contribution < 1.29 is 46.9 Å². The van der Waals surface area contributed by atoms with Crippen molar-refractivity contribution in [3.8, 4) is 5.75 Å². The van der Waals surface area contributed by atoms with Gasteiger partial charge >= 0.3 is 18.1 Å². The Morgan fingerprint density at radius 3 is 2.46 bits per heavy atom. The van der Waals surface area contributed by atoms with E-state index >= 15 is 0 Å². The maximum Gasteiger partial charge on any atom is 0.430 e. The van der Waals surface area contributed by atoms with Crippen LogP contribution in [0.3, 0.4) is 0 Å². The molecular weight excluding hydrogens is 501 g/mol. The van der Waals surface area contributed by atoms with Crippen LogP contribution in [0.15, 0.2) is 17.7 Å². The van der Waals surface area contributed by atoms with Crippen LogP contribution in [-0.2, 0) is 29.3 Å². The summed E-state index contributed by atoms with van der Waals surface area (Å²) in [6, 6.07) is 2.81. The van der Waals surface area contributed by atoms with E-state index in [9.17, 15) is 32.9 Å². The Morgan fingerprint density at radius 2 is 1.89 bits per heavy atom. The van der Waals surface area contributed by atoms with E-state index in [0.717, 1.165) is 6.08 Å². The monoisotopic (exact) mass is 524 g/mol. The molecule has 1 aromatic rings. The fourth-order valence-corrected chi connectivity index (χ4v) is 3.51. The van der Waals surface area contributed by atoms with Crippen molar-refractivity contribution >= 4 is 29.6 Å². The highest BCUT2D eigenvalue weighted by Gasteiger charge is 2.49. The average Bonchev–Trinajstić information content (AvgIpc) is 2.70. The molecule has 0 aliphatic carbocycles. The van der Waals surface area contributed by atoms with Gasteiger partial charge < -0.3 is 19.0 Å². The molecule has 0 aromatic heterocycles. The third-order valence-corrected chi connectivity index (χ3v) is 5.07. The van der Waals surface area contributed by atoms with Crippen LogP contribution in [0.1, 0.15) is 31.9 Å². The summed E-state index contributed by atoms with van der Waals surface area (Å²) < 4.78 is 55.5. The maximum atomic E-state index is 13.7. The molecule has 1 aliphatic rings. The van der Waals surface area contributed by atoms with Crippen molar-refractivity contribution in [3.63, 3.8) is 0 Å².